The highest BCUT2D eigenvalue weighted by Gasteiger charge is 2.18. The monoisotopic (exact) mass is 353 g/mol. The van der Waals surface area contributed by atoms with Crippen LogP contribution >= 0.6 is 0 Å². The first kappa shape index (κ1) is 18.6. The van der Waals surface area contributed by atoms with E-state index in [1.807, 2.05) is 31.2 Å². The van der Waals surface area contributed by atoms with Crippen LogP contribution in [-0.2, 0) is 14.8 Å². The third-order valence-electron chi connectivity index (χ3n) is 4.12. The molecule has 1 N–H and O–H groups in total. The van der Waals surface area contributed by atoms with Crippen molar-refractivity contribution in [1.29, 1.82) is 0 Å². The van der Waals surface area contributed by atoms with E-state index < -0.39 is 10.0 Å². The summed E-state index contributed by atoms with van der Waals surface area (Å²) in [6.07, 6.45) is 4.83. The van der Waals surface area contributed by atoms with Crippen LogP contribution in [0.1, 0.15) is 32.6 Å². The molecular weight excluding hydrogens is 326 g/mol. The smallest absolute Gasteiger partial charge is 0.232 e. The Labute approximate surface area is 144 Å². The highest BCUT2D eigenvalue weighted by molar-refractivity contribution is 7.92. The molecule has 0 spiro atoms. The van der Waals surface area contributed by atoms with Gasteiger partial charge in [0.25, 0.3) is 0 Å². The topological polar surface area (TPSA) is 69.7 Å². The summed E-state index contributed by atoms with van der Waals surface area (Å²) in [5, 5.41) is 2.76. The summed E-state index contributed by atoms with van der Waals surface area (Å²) in [7, 11) is -3.39. The van der Waals surface area contributed by atoms with Gasteiger partial charge in [-0.15, -0.1) is 0 Å². The van der Waals surface area contributed by atoms with Gasteiger partial charge in [0.05, 0.1) is 18.5 Å². The van der Waals surface area contributed by atoms with Gasteiger partial charge in [-0.25, -0.2) is 8.42 Å². The fraction of sp³-hybridized carbons (Fsp3) is 0.588. The van der Waals surface area contributed by atoms with Crippen molar-refractivity contribution >= 4 is 27.3 Å². The van der Waals surface area contributed by atoms with Gasteiger partial charge < -0.3 is 10.2 Å². The molecule has 6 nitrogen and oxygen atoms in total. The van der Waals surface area contributed by atoms with E-state index in [1.54, 1.807) is 0 Å². The predicted octanol–water partition coefficient (Wildman–Crippen LogP) is 1.97. The third kappa shape index (κ3) is 5.12. The molecule has 1 aromatic rings. The second-order valence-corrected chi connectivity index (χ2v) is 8.05. The first-order valence-corrected chi connectivity index (χ1v) is 10.4. The van der Waals surface area contributed by atoms with E-state index in [0.717, 1.165) is 25.2 Å². The van der Waals surface area contributed by atoms with Gasteiger partial charge in [-0.05, 0) is 43.5 Å². The van der Waals surface area contributed by atoms with Gasteiger partial charge in [-0.3, -0.25) is 9.10 Å². The second-order valence-electron chi connectivity index (χ2n) is 6.15. The Morgan fingerprint density at radius 2 is 1.83 bits per heavy atom. The number of hydrogen-bond donors (Lipinski definition) is 1. The van der Waals surface area contributed by atoms with E-state index in [-0.39, 0.29) is 12.5 Å². The van der Waals surface area contributed by atoms with Gasteiger partial charge in [0.15, 0.2) is 0 Å². The normalized spacial score (nSPS) is 14.7. The maximum atomic E-state index is 12.1. The van der Waals surface area contributed by atoms with Crippen molar-refractivity contribution in [2.75, 3.05) is 41.6 Å². The summed E-state index contributed by atoms with van der Waals surface area (Å²) >= 11 is 0. The molecule has 24 heavy (non-hydrogen) atoms. The number of hydrogen-bond acceptors (Lipinski definition) is 4. The molecule has 1 saturated heterocycles. The summed E-state index contributed by atoms with van der Waals surface area (Å²) in [4.78, 5) is 13.8. The lowest BCUT2D eigenvalue weighted by molar-refractivity contribution is -0.121. The molecule has 1 amide bonds. The zero-order chi connectivity index (χ0) is 17.6. The van der Waals surface area contributed by atoms with Gasteiger partial charge in [-0.2, -0.15) is 0 Å². The third-order valence-corrected chi connectivity index (χ3v) is 5.32. The standard InChI is InChI=1S/C17H27N3O3S/c1-3-6-17(21)18-11-14-20(24(2,22)23)16-9-7-15(8-10-16)19-12-4-5-13-19/h7-10H,3-6,11-14H2,1-2H3,(H,18,21). The van der Waals surface area contributed by atoms with Crippen molar-refractivity contribution in [3.05, 3.63) is 24.3 Å². The average molecular weight is 353 g/mol. The number of nitrogens with zero attached hydrogens (tertiary/aromatic N) is 2. The van der Waals surface area contributed by atoms with Crippen LogP contribution in [0.5, 0.6) is 0 Å². The van der Waals surface area contributed by atoms with Crippen molar-refractivity contribution in [3.8, 4) is 0 Å². The first-order valence-electron chi connectivity index (χ1n) is 8.51. The maximum absolute atomic E-state index is 12.1. The van der Waals surface area contributed by atoms with Crippen LogP contribution in [-0.4, -0.2) is 46.8 Å². The molecule has 7 heteroatoms. The Morgan fingerprint density at radius 3 is 2.38 bits per heavy atom. The van der Waals surface area contributed by atoms with Crippen molar-refractivity contribution < 1.29 is 13.2 Å². The Hall–Kier alpha value is -1.76. The molecule has 1 fully saturated rings. The Morgan fingerprint density at radius 1 is 1.21 bits per heavy atom. The molecule has 1 aromatic carbocycles. The molecule has 1 aliphatic heterocycles. The van der Waals surface area contributed by atoms with Gasteiger partial charge in [0.1, 0.15) is 0 Å². The van der Waals surface area contributed by atoms with Crippen LogP contribution in [0, 0.1) is 0 Å². The number of nitrogens with one attached hydrogen (secondary N) is 1. The Kier molecular flexibility index (Phi) is 6.48. The molecule has 0 saturated carbocycles. The molecule has 0 unspecified atom stereocenters. The van der Waals surface area contributed by atoms with Crippen LogP contribution < -0.4 is 14.5 Å². The molecule has 1 heterocycles. The van der Waals surface area contributed by atoms with E-state index in [0.29, 0.717) is 18.7 Å². The minimum absolute atomic E-state index is 0.0460. The van der Waals surface area contributed by atoms with Gasteiger partial charge >= 0.3 is 0 Å². The lowest BCUT2D eigenvalue weighted by Crippen LogP contribution is -2.38. The molecule has 134 valence electrons. The molecule has 0 radical (unpaired) electrons. The SMILES string of the molecule is CCCC(=O)NCCN(c1ccc(N2CCCC2)cc1)S(C)(=O)=O. The number of benzene rings is 1. The highest BCUT2D eigenvalue weighted by Crippen LogP contribution is 2.24. The minimum atomic E-state index is -3.39. The fourth-order valence-electron chi connectivity index (χ4n) is 2.90. The molecule has 0 aliphatic carbocycles. The summed E-state index contributed by atoms with van der Waals surface area (Å²) in [5.74, 6) is -0.0460. The average Bonchev–Trinajstić information content (AvgIpc) is 3.05. The Bertz CT molecular complexity index is 638. The van der Waals surface area contributed by atoms with Crippen LogP contribution in [0.15, 0.2) is 24.3 Å². The molecule has 0 aromatic heterocycles. The molecule has 0 atom stereocenters. The van der Waals surface area contributed by atoms with E-state index in [9.17, 15) is 13.2 Å². The van der Waals surface area contributed by atoms with Gasteiger partial charge in [0, 0.05) is 31.7 Å². The lowest BCUT2D eigenvalue weighted by Gasteiger charge is -2.24. The zero-order valence-corrected chi connectivity index (χ0v) is 15.3. The van der Waals surface area contributed by atoms with Gasteiger partial charge in [0.2, 0.25) is 15.9 Å². The van der Waals surface area contributed by atoms with Crippen molar-refractivity contribution in [2.24, 2.45) is 0 Å². The number of carbonyl (C=O) groups is 1. The summed E-state index contributed by atoms with van der Waals surface area (Å²) < 4.78 is 25.5. The minimum Gasteiger partial charge on any atom is -0.372 e. The van der Waals surface area contributed by atoms with E-state index >= 15 is 0 Å². The first-order chi connectivity index (χ1) is 11.4. The number of sulfonamides is 1. The predicted molar refractivity (Wildman–Crippen MR) is 98.0 cm³/mol. The lowest BCUT2D eigenvalue weighted by atomic mass is 10.2. The van der Waals surface area contributed by atoms with Crippen molar-refractivity contribution in [2.45, 2.75) is 32.6 Å². The largest absolute Gasteiger partial charge is 0.372 e. The number of rotatable bonds is 8. The number of anilines is 2. The fourth-order valence-corrected chi connectivity index (χ4v) is 3.83. The van der Waals surface area contributed by atoms with E-state index in [1.165, 1.54) is 23.4 Å². The summed E-state index contributed by atoms with van der Waals surface area (Å²) in [6.45, 7) is 4.58. The number of carbonyl (C=O) groups excluding carboxylic acids is 1. The van der Waals surface area contributed by atoms with Crippen molar-refractivity contribution in [3.63, 3.8) is 0 Å². The summed E-state index contributed by atoms with van der Waals surface area (Å²) in [6, 6.07) is 7.61. The van der Waals surface area contributed by atoms with E-state index in [4.69, 9.17) is 0 Å². The molecule has 1 aliphatic rings. The van der Waals surface area contributed by atoms with Crippen LogP contribution in [0.3, 0.4) is 0 Å². The van der Waals surface area contributed by atoms with Crippen molar-refractivity contribution in [1.82, 2.24) is 5.32 Å². The molecule has 2 rings (SSSR count). The van der Waals surface area contributed by atoms with E-state index in [2.05, 4.69) is 10.2 Å². The quantitative estimate of drug-likeness (QED) is 0.776. The van der Waals surface area contributed by atoms with Gasteiger partial charge in [-0.1, -0.05) is 6.92 Å². The Balaban J connectivity index is 2.03. The molecular formula is C17H27N3O3S. The van der Waals surface area contributed by atoms with Crippen LogP contribution in [0.4, 0.5) is 11.4 Å². The second kappa shape index (κ2) is 8.37. The van der Waals surface area contributed by atoms with Crippen LogP contribution in [0.2, 0.25) is 0 Å². The zero-order valence-electron chi connectivity index (χ0n) is 14.5. The molecule has 0 bridgehead atoms. The van der Waals surface area contributed by atoms with Crippen LogP contribution in [0.25, 0.3) is 0 Å². The maximum Gasteiger partial charge on any atom is 0.232 e. The number of amides is 1. The highest BCUT2D eigenvalue weighted by atomic mass is 32.2. The summed E-state index contributed by atoms with van der Waals surface area (Å²) in [5.41, 5.74) is 1.76.